The number of nitrogens with one attached hydrogen (secondary N) is 2. The van der Waals surface area contributed by atoms with Crippen molar-refractivity contribution in [2.45, 2.75) is 19.8 Å². The molecule has 0 bridgehead atoms. The summed E-state index contributed by atoms with van der Waals surface area (Å²) in [7, 11) is 1.75. The van der Waals surface area contributed by atoms with E-state index in [1.54, 1.807) is 7.05 Å². The van der Waals surface area contributed by atoms with Crippen LogP contribution in [0.25, 0.3) is 0 Å². The Morgan fingerprint density at radius 2 is 2.00 bits per heavy atom. The second kappa shape index (κ2) is 5.96. The topological polar surface area (TPSA) is 48.2 Å². The molecule has 0 aliphatic rings. The molecule has 1 aromatic rings. The molecule has 0 saturated heterocycles. The zero-order valence-corrected chi connectivity index (χ0v) is 9.25. The first-order chi connectivity index (χ1) is 7.29. The maximum atomic E-state index is 7.92. The van der Waals surface area contributed by atoms with Gasteiger partial charge in [0.1, 0.15) is 5.71 Å². The molecule has 0 aliphatic heterocycles. The van der Waals surface area contributed by atoms with Gasteiger partial charge in [-0.15, -0.1) is 0 Å². The molecule has 0 spiro atoms. The molecule has 2 N–H and O–H groups in total. The van der Waals surface area contributed by atoms with Gasteiger partial charge < -0.3 is 10.8 Å². The lowest BCUT2D eigenvalue weighted by molar-refractivity contribution is 0.901. The Bertz CT molecular complexity index is 341. The summed E-state index contributed by atoms with van der Waals surface area (Å²) in [5.41, 5.74) is 5.06. The van der Waals surface area contributed by atoms with E-state index in [1.807, 2.05) is 30.3 Å². The largest absolute Gasteiger partial charge is 0.312 e. The van der Waals surface area contributed by atoms with Crippen LogP contribution < -0.4 is 5.43 Å². The maximum Gasteiger partial charge on any atom is 0.111 e. The van der Waals surface area contributed by atoms with Gasteiger partial charge >= 0.3 is 0 Å². The van der Waals surface area contributed by atoms with E-state index in [0.29, 0.717) is 5.71 Å². The van der Waals surface area contributed by atoms with Gasteiger partial charge in [0, 0.05) is 12.6 Å². The van der Waals surface area contributed by atoms with Crippen LogP contribution in [0.2, 0.25) is 0 Å². The summed E-state index contributed by atoms with van der Waals surface area (Å²) in [5.74, 6) is 0. The predicted molar refractivity (Wildman–Crippen MR) is 64.7 cm³/mol. The molecule has 0 saturated carbocycles. The summed E-state index contributed by atoms with van der Waals surface area (Å²) in [6.45, 7) is 2.07. The monoisotopic (exact) mass is 203 g/mol. The van der Waals surface area contributed by atoms with E-state index in [2.05, 4.69) is 17.5 Å². The van der Waals surface area contributed by atoms with E-state index >= 15 is 0 Å². The molecule has 15 heavy (non-hydrogen) atoms. The van der Waals surface area contributed by atoms with Crippen LogP contribution in [0.3, 0.4) is 0 Å². The van der Waals surface area contributed by atoms with E-state index < -0.39 is 0 Å². The minimum Gasteiger partial charge on any atom is -0.312 e. The fourth-order valence-electron chi connectivity index (χ4n) is 1.38. The number of hydrazone groups is 1. The van der Waals surface area contributed by atoms with Gasteiger partial charge in [0.05, 0.1) is 5.71 Å². The molecular formula is C12H17N3. The van der Waals surface area contributed by atoms with Crippen LogP contribution in [-0.4, -0.2) is 18.5 Å². The number of hydrogen-bond donors (Lipinski definition) is 2. The van der Waals surface area contributed by atoms with Gasteiger partial charge in [0.25, 0.3) is 0 Å². The van der Waals surface area contributed by atoms with Crippen LogP contribution in [0.5, 0.6) is 0 Å². The Labute approximate surface area is 90.7 Å². The van der Waals surface area contributed by atoms with Crippen molar-refractivity contribution in [3.8, 4) is 0 Å². The molecule has 1 rings (SSSR count). The quantitative estimate of drug-likeness (QED) is 0.560. The third-order valence-corrected chi connectivity index (χ3v) is 2.06. The van der Waals surface area contributed by atoms with Crippen molar-refractivity contribution in [3.05, 3.63) is 35.9 Å². The number of rotatable bonds is 5. The highest BCUT2D eigenvalue weighted by atomic mass is 15.3. The SMILES string of the molecule is CCCC(=N)/C(=N\NC)c1ccccc1. The van der Waals surface area contributed by atoms with Crippen molar-refractivity contribution >= 4 is 11.4 Å². The summed E-state index contributed by atoms with van der Waals surface area (Å²) in [6.07, 6.45) is 1.73. The highest BCUT2D eigenvalue weighted by molar-refractivity contribution is 6.47. The molecule has 0 heterocycles. The second-order valence-electron chi connectivity index (χ2n) is 3.28. The van der Waals surface area contributed by atoms with Gasteiger partial charge in [-0.25, -0.2) is 0 Å². The molecule has 0 atom stereocenters. The lowest BCUT2D eigenvalue weighted by atomic mass is 10.0. The second-order valence-corrected chi connectivity index (χ2v) is 3.28. The maximum absolute atomic E-state index is 7.92. The van der Waals surface area contributed by atoms with E-state index in [9.17, 15) is 0 Å². The summed E-state index contributed by atoms with van der Waals surface area (Å²) in [5, 5.41) is 12.1. The van der Waals surface area contributed by atoms with Crippen molar-refractivity contribution in [2.24, 2.45) is 5.10 Å². The first-order valence-electron chi connectivity index (χ1n) is 5.17. The zero-order valence-electron chi connectivity index (χ0n) is 9.25. The van der Waals surface area contributed by atoms with Crippen molar-refractivity contribution in [1.82, 2.24) is 5.43 Å². The van der Waals surface area contributed by atoms with Crippen LogP contribution in [0, 0.1) is 5.41 Å². The van der Waals surface area contributed by atoms with Gasteiger partial charge in [0.15, 0.2) is 0 Å². The first kappa shape index (κ1) is 11.4. The number of hydrogen-bond acceptors (Lipinski definition) is 3. The van der Waals surface area contributed by atoms with E-state index in [-0.39, 0.29) is 0 Å². The zero-order chi connectivity index (χ0) is 11.1. The van der Waals surface area contributed by atoms with Crippen LogP contribution in [0.15, 0.2) is 35.4 Å². The normalized spacial score (nSPS) is 11.2. The van der Waals surface area contributed by atoms with E-state index in [4.69, 9.17) is 5.41 Å². The van der Waals surface area contributed by atoms with Crippen LogP contribution >= 0.6 is 0 Å². The van der Waals surface area contributed by atoms with E-state index in [1.165, 1.54) is 0 Å². The Morgan fingerprint density at radius 1 is 1.33 bits per heavy atom. The highest BCUT2D eigenvalue weighted by Crippen LogP contribution is 2.05. The fourth-order valence-corrected chi connectivity index (χ4v) is 1.38. The third kappa shape index (κ3) is 3.20. The lowest BCUT2D eigenvalue weighted by Gasteiger charge is -2.07. The fraction of sp³-hybridized carbons (Fsp3) is 0.333. The van der Waals surface area contributed by atoms with Gasteiger partial charge in [-0.1, -0.05) is 43.7 Å². The standard InChI is InChI=1S/C12H17N3/c1-3-7-11(13)12(15-14-2)10-8-5-4-6-9-10/h4-6,8-9,13-14H,3,7H2,1-2H3/b13-11?,15-12-. The number of benzene rings is 1. The molecule has 1 aromatic carbocycles. The van der Waals surface area contributed by atoms with Crippen LogP contribution in [0.4, 0.5) is 0 Å². The minimum atomic E-state index is 0.582. The molecule has 0 unspecified atom stereocenters. The molecule has 3 heteroatoms. The summed E-state index contributed by atoms with van der Waals surface area (Å²) in [6, 6.07) is 9.82. The third-order valence-electron chi connectivity index (χ3n) is 2.06. The summed E-state index contributed by atoms with van der Waals surface area (Å²) >= 11 is 0. The molecule has 0 amide bonds. The van der Waals surface area contributed by atoms with Gasteiger partial charge in [-0.05, 0) is 6.42 Å². The molecule has 0 aliphatic carbocycles. The molecular weight excluding hydrogens is 186 g/mol. The Balaban J connectivity index is 2.94. The molecule has 80 valence electrons. The smallest absolute Gasteiger partial charge is 0.111 e. The van der Waals surface area contributed by atoms with Gasteiger partial charge in [-0.3, -0.25) is 0 Å². The summed E-state index contributed by atoms with van der Waals surface area (Å²) < 4.78 is 0. The Kier molecular flexibility index (Phi) is 4.54. The Morgan fingerprint density at radius 3 is 2.53 bits per heavy atom. The van der Waals surface area contributed by atoms with Crippen LogP contribution in [0.1, 0.15) is 25.3 Å². The average molecular weight is 203 g/mol. The predicted octanol–water partition coefficient (Wildman–Crippen LogP) is 2.43. The van der Waals surface area contributed by atoms with Crippen molar-refractivity contribution < 1.29 is 0 Å². The highest BCUT2D eigenvalue weighted by Gasteiger charge is 2.08. The van der Waals surface area contributed by atoms with Gasteiger partial charge in [-0.2, -0.15) is 5.10 Å². The van der Waals surface area contributed by atoms with Crippen molar-refractivity contribution in [3.63, 3.8) is 0 Å². The van der Waals surface area contributed by atoms with Crippen molar-refractivity contribution in [2.75, 3.05) is 7.05 Å². The molecule has 3 nitrogen and oxygen atoms in total. The first-order valence-corrected chi connectivity index (χ1v) is 5.17. The molecule has 0 fully saturated rings. The summed E-state index contributed by atoms with van der Waals surface area (Å²) in [4.78, 5) is 0. The minimum absolute atomic E-state index is 0.582. The van der Waals surface area contributed by atoms with Gasteiger partial charge in [0.2, 0.25) is 0 Å². The molecule has 0 aromatic heterocycles. The van der Waals surface area contributed by atoms with Crippen LogP contribution in [-0.2, 0) is 0 Å². The Hall–Kier alpha value is -1.64. The van der Waals surface area contributed by atoms with E-state index in [0.717, 1.165) is 24.1 Å². The van der Waals surface area contributed by atoms with Crippen molar-refractivity contribution in [1.29, 1.82) is 5.41 Å². The number of nitrogens with zero attached hydrogens (tertiary/aromatic N) is 1. The lowest BCUT2D eigenvalue weighted by Crippen LogP contribution is -2.17. The molecule has 0 radical (unpaired) electrons. The average Bonchev–Trinajstić information content (AvgIpc) is 2.27.